The minimum absolute atomic E-state index is 0.229. The third kappa shape index (κ3) is 1.22. The largest absolute Gasteiger partial charge is 0.459 e. The van der Waals surface area contributed by atoms with Crippen LogP contribution >= 0.6 is 0 Å². The number of furan rings is 1. The quantitative estimate of drug-likeness (QED) is 0.481. The molecule has 0 atom stereocenters. The van der Waals surface area contributed by atoms with Crippen molar-refractivity contribution in [3.8, 4) is 0 Å². The van der Waals surface area contributed by atoms with Gasteiger partial charge in [-0.05, 0) is 12.1 Å². The minimum atomic E-state index is -0.389. The summed E-state index contributed by atoms with van der Waals surface area (Å²) >= 11 is 0. The lowest BCUT2D eigenvalue weighted by atomic mass is 10.4. The zero-order valence-corrected chi connectivity index (χ0v) is 5.20. The van der Waals surface area contributed by atoms with Gasteiger partial charge in [0.15, 0.2) is 5.76 Å². The van der Waals surface area contributed by atoms with Crippen molar-refractivity contribution in [3.63, 3.8) is 0 Å². The highest BCUT2D eigenvalue weighted by molar-refractivity contribution is 5.91. The molecule has 0 aliphatic heterocycles. The first-order valence-electron chi connectivity index (χ1n) is 2.64. The molecule has 52 valence electrons. The van der Waals surface area contributed by atoms with Crippen LogP contribution in [-0.2, 0) is 0 Å². The Morgan fingerprint density at radius 1 is 1.80 bits per heavy atom. The molecule has 0 radical (unpaired) electrons. The highest BCUT2D eigenvalue weighted by Gasteiger charge is 2.04. The molecule has 1 amide bonds. The predicted molar refractivity (Wildman–Crippen MR) is 35.7 cm³/mol. The molecule has 1 rings (SSSR count). The SMILES string of the molecule is C=NNC(=O)c1ccco1. The Balaban J connectivity index is 2.68. The topological polar surface area (TPSA) is 54.6 Å². The number of carbonyl (C=O) groups excluding carboxylic acids is 1. The van der Waals surface area contributed by atoms with Crippen molar-refractivity contribution in [1.29, 1.82) is 0 Å². The van der Waals surface area contributed by atoms with E-state index < -0.39 is 0 Å². The van der Waals surface area contributed by atoms with Crippen LogP contribution in [0.4, 0.5) is 0 Å². The first-order valence-corrected chi connectivity index (χ1v) is 2.64. The van der Waals surface area contributed by atoms with Crippen LogP contribution in [0.3, 0.4) is 0 Å². The highest BCUT2D eigenvalue weighted by atomic mass is 16.3. The summed E-state index contributed by atoms with van der Waals surface area (Å²) in [5.74, 6) is -0.160. The molecule has 0 bridgehead atoms. The zero-order chi connectivity index (χ0) is 7.40. The summed E-state index contributed by atoms with van der Waals surface area (Å²) in [6.07, 6.45) is 1.41. The van der Waals surface area contributed by atoms with Gasteiger partial charge in [0.2, 0.25) is 0 Å². The van der Waals surface area contributed by atoms with Crippen LogP contribution in [0.1, 0.15) is 10.6 Å². The lowest BCUT2D eigenvalue weighted by Crippen LogP contribution is -2.15. The van der Waals surface area contributed by atoms with Crippen molar-refractivity contribution < 1.29 is 9.21 Å². The molecule has 0 aliphatic carbocycles. The van der Waals surface area contributed by atoms with Gasteiger partial charge in [-0.2, -0.15) is 5.10 Å². The average Bonchev–Trinajstić information content (AvgIpc) is 2.38. The van der Waals surface area contributed by atoms with Gasteiger partial charge in [0, 0.05) is 6.72 Å². The van der Waals surface area contributed by atoms with Gasteiger partial charge in [-0.15, -0.1) is 0 Å². The van der Waals surface area contributed by atoms with E-state index in [9.17, 15) is 4.79 Å². The summed E-state index contributed by atoms with van der Waals surface area (Å²) in [5, 5.41) is 3.18. The molecule has 1 N–H and O–H groups in total. The fraction of sp³-hybridized carbons (Fsp3) is 0. The van der Waals surface area contributed by atoms with Crippen LogP contribution in [0.5, 0.6) is 0 Å². The summed E-state index contributed by atoms with van der Waals surface area (Å²) in [7, 11) is 0. The first-order chi connectivity index (χ1) is 4.84. The Hall–Kier alpha value is -1.58. The van der Waals surface area contributed by atoms with Gasteiger partial charge in [-0.25, -0.2) is 5.43 Å². The standard InChI is InChI=1S/C6H6N2O2/c1-7-8-6(9)5-3-2-4-10-5/h2-4H,1H2,(H,8,9). The Morgan fingerprint density at radius 2 is 2.60 bits per heavy atom. The van der Waals surface area contributed by atoms with Crippen molar-refractivity contribution >= 4 is 12.6 Å². The van der Waals surface area contributed by atoms with Gasteiger partial charge >= 0.3 is 5.91 Å². The summed E-state index contributed by atoms with van der Waals surface area (Å²) in [4.78, 5) is 10.8. The molecular formula is C6H6N2O2. The molecule has 0 unspecified atom stereocenters. The van der Waals surface area contributed by atoms with Gasteiger partial charge in [0.1, 0.15) is 0 Å². The van der Waals surface area contributed by atoms with E-state index in [-0.39, 0.29) is 11.7 Å². The van der Waals surface area contributed by atoms with Gasteiger partial charge in [-0.3, -0.25) is 4.79 Å². The molecule has 4 nitrogen and oxygen atoms in total. The van der Waals surface area contributed by atoms with Crippen LogP contribution < -0.4 is 5.43 Å². The van der Waals surface area contributed by atoms with Gasteiger partial charge in [0.05, 0.1) is 6.26 Å². The predicted octanol–water partition coefficient (Wildman–Crippen LogP) is 0.625. The minimum Gasteiger partial charge on any atom is -0.459 e. The van der Waals surface area contributed by atoms with E-state index in [1.54, 1.807) is 12.1 Å². The number of nitrogens with zero attached hydrogens (tertiary/aromatic N) is 1. The molecule has 4 heteroatoms. The van der Waals surface area contributed by atoms with E-state index in [4.69, 9.17) is 4.42 Å². The molecule has 1 heterocycles. The van der Waals surface area contributed by atoms with E-state index in [0.29, 0.717) is 0 Å². The highest BCUT2D eigenvalue weighted by Crippen LogP contribution is 1.98. The second-order valence-corrected chi connectivity index (χ2v) is 1.58. The zero-order valence-electron chi connectivity index (χ0n) is 5.20. The molecule has 0 spiro atoms. The van der Waals surface area contributed by atoms with E-state index in [1.165, 1.54) is 6.26 Å². The van der Waals surface area contributed by atoms with E-state index in [2.05, 4.69) is 17.2 Å². The second-order valence-electron chi connectivity index (χ2n) is 1.58. The monoisotopic (exact) mass is 138 g/mol. The van der Waals surface area contributed by atoms with Crippen molar-refractivity contribution in [1.82, 2.24) is 5.43 Å². The first kappa shape index (κ1) is 6.54. The Kier molecular flexibility index (Phi) is 1.84. The van der Waals surface area contributed by atoms with Crippen LogP contribution in [-0.4, -0.2) is 12.6 Å². The number of carbonyl (C=O) groups is 1. The Bertz CT molecular complexity index is 228. The molecular weight excluding hydrogens is 132 g/mol. The molecule has 0 saturated heterocycles. The number of nitrogens with one attached hydrogen (secondary N) is 1. The van der Waals surface area contributed by atoms with Gasteiger partial charge in [-0.1, -0.05) is 0 Å². The molecule has 1 aromatic heterocycles. The smallest absolute Gasteiger partial charge is 0.307 e. The van der Waals surface area contributed by atoms with E-state index in [0.717, 1.165) is 0 Å². The molecule has 10 heavy (non-hydrogen) atoms. The number of hydrogen-bond donors (Lipinski definition) is 1. The summed E-state index contributed by atoms with van der Waals surface area (Å²) < 4.78 is 4.75. The van der Waals surface area contributed by atoms with Gasteiger partial charge < -0.3 is 4.42 Å². The Morgan fingerprint density at radius 3 is 3.10 bits per heavy atom. The van der Waals surface area contributed by atoms with Crippen molar-refractivity contribution in [2.75, 3.05) is 0 Å². The maximum absolute atomic E-state index is 10.8. The summed E-state index contributed by atoms with van der Waals surface area (Å²) in [6.45, 7) is 3.09. The molecule has 0 fully saturated rings. The number of amides is 1. The third-order valence-corrected chi connectivity index (χ3v) is 0.926. The number of rotatable bonds is 2. The Labute approximate surface area is 57.5 Å². The number of hydrogen-bond acceptors (Lipinski definition) is 3. The van der Waals surface area contributed by atoms with Crippen molar-refractivity contribution in [2.45, 2.75) is 0 Å². The molecule has 0 aromatic carbocycles. The van der Waals surface area contributed by atoms with Crippen LogP contribution in [0, 0.1) is 0 Å². The molecule has 1 aromatic rings. The van der Waals surface area contributed by atoms with Crippen molar-refractivity contribution in [3.05, 3.63) is 24.2 Å². The summed E-state index contributed by atoms with van der Waals surface area (Å²) in [6, 6.07) is 3.17. The fourth-order valence-corrected chi connectivity index (χ4v) is 0.535. The van der Waals surface area contributed by atoms with Gasteiger partial charge in [0.25, 0.3) is 0 Å². The van der Waals surface area contributed by atoms with Crippen LogP contribution in [0.15, 0.2) is 27.9 Å². The molecule has 0 aliphatic rings. The number of hydrazone groups is 1. The second kappa shape index (κ2) is 2.82. The molecule has 0 saturated carbocycles. The van der Waals surface area contributed by atoms with E-state index >= 15 is 0 Å². The fourth-order valence-electron chi connectivity index (χ4n) is 0.535. The summed E-state index contributed by atoms with van der Waals surface area (Å²) in [5.41, 5.74) is 2.13. The lowest BCUT2D eigenvalue weighted by Gasteiger charge is -1.90. The van der Waals surface area contributed by atoms with Crippen molar-refractivity contribution in [2.24, 2.45) is 5.10 Å². The third-order valence-electron chi connectivity index (χ3n) is 0.926. The maximum Gasteiger partial charge on any atom is 0.307 e. The van der Waals surface area contributed by atoms with E-state index in [1.807, 2.05) is 0 Å². The maximum atomic E-state index is 10.8. The van der Waals surface area contributed by atoms with Crippen LogP contribution in [0.2, 0.25) is 0 Å². The van der Waals surface area contributed by atoms with Crippen LogP contribution in [0.25, 0.3) is 0 Å². The lowest BCUT2D eigenvalue weighted by molar-refractivity contribution is 0.0927. The normalized spacial score (nSPS) is 8.80. The average molecular weight is 138 g/mol.